The summed E-state index contributed by atoms with van der Waals surface area (Å²) in [6.45, 7) is -1.26. The van der Waals surface area contributed by atoms with E-state index in [2.05, 4.69) is 4.72 Å². The molecule has 0 spiro atoms. The van der Waals surface area contributed by atoms with Crippen LogP contribution in [0.3, 0.4) is 0 Å². The Morgan fingerprint density at radius 1 is 0.909 bits per heavy atom. The molecule has 0 aromatic heterocycles. The molecule has 3 aromatic carbocycles. The van der Waals surface area contributed by atoms with Crippen LogP contribution in [0.1, 0.15) is 11.1 Å². The first-order chi connectivity index (χ1) is 15.8. The Balaban J connectivity index is 1.44. The van der Waals surface area contributed by atoms with E-state index in [9.17, 15) is 22.4 Å². The molecule has 0 saturated heterocycles. The standard InChI is InChI=1S/C24H21FN2O5S/c25-19-8-5-9-20(14-19)33(30,31)26-15-24(29)32-16-23(28)27-21-10-3-1-6-17(21)12-13-18-7-2-4-11-22(18)27/h1-11,14,26H,12-13,15-16H2. The van der Waals surface area contributed by atoms with Gasteiger partial charge in [-0.2, -0.15) is 4.72 Å². The molecule has 0 saturated carbocycles. The van der Waals surface area contributed by atoms with Gasteiger partial charge in [0.2, 0.25) is 10.0 Å². The second-order valence-electron chi connectivity index (χ2n) is 7.43. The van der Waals surface area contributed by atoms with Crippen molar-refractivity contribution in [2.24, 2.45) is 0 Å². The number of ether oxygens (including phenoxy) is 1. The van der Waals surface area contributed by atoms with Crippen LogP contribution < -0.4 is 9.62 Å². The van der Waals surface area contributed by atoms with Crippen molar-refractivity contribution in [2.75, 3.05) is 18.1 Å². The molecular formula is C24H21FN2O5S. The summed E-state index contributed by atoms with van der Waals surface area (Å²) in [6.07, 6.45) is 1.53. The van der Waals surface area contributed by atoms with Crippen molar-refractivity contribution in [1.29, 1.82) is 0 Å². The fraction of sp³-hybridized carbons (Fsp3) is 0.167. The molecule has 0 radical (unpaired) electrons. The minimum atomic E-state index is -4.11. The predicted molar refractivity (Wildman–Crippen MR) is 120 cm³/mol. The van der Waals surface area contributed by atoms with Gasteiger partial charge in [-0.05, 0) is 54.3 Å². The minimum absolute atomic E-state index is 0.316. The molecule has 33 heavy (non-hydrogen) atoms. The van der Waals surface area contributed by atoms with Gasteiger partial charge in [0.05, 0.1) is 16.3 Å². The van der Waals surface area contributed by atoms with Crippen molar-refractivity contribution in [1.82, 2.24) is 4.72 Å². The topological polar surface area (TPSA) is 92.8 Å². The van der Waals surface area contributed by atoms with Crippen LogP contribution in [-0.4, -0.2) is 33.4 Å². The van der Waals surface area contributed by atoms with E-state index in [1.54, 1.807) is 0 Å². The first-order valence-corrected chi connectivity index (χ1v) is 11.7. The van der Waals surface area contributed by atoms with Gasteiger partial charge in [0.1, 0.15) is 12.4 Å². The molecule has 1 N–H and O–H groups in total. The van der Waals surface area contributed by atoms with Crippen LogP contribution in [0.2, 0.25) is 0 Å². The fourth-order valence-electron chi connectivity index (χ4n) is 3.68. The number of aryl methyl sites for hydroxylation is 2. The Hall–Kier alpha value is -3.56. The fourth-order valence-corrected chi connectivity index (χ4v) is 4.68. The van der Waals surface area contributed by atoms with E-state index in [1.807, 2.05) is 48.5 Å². The zero-order valence-electron chi connectivity index (χ0n) is 17.5. The average Bonchev–Trinajstić information content (AvgIpc) is 2.98. The summed E-state index contributed by atoms with van der Waals surface area (Å²) in [4.78, 5) is 26.5. The van der Waals surface area contributed by atoms with Gasteiger partial charge in [0, 0.05) is 0 Å². The van der Waals surface area contributed by atoms with Crippen LogP contribution in [0, 0.1) is 5.82 Å². The Kier molecular flexibility index (Phi) is 6.52. The van der Waals surface area contributed by atoms with Crippen molar-refractivity contribution >= 4 is 33.3 Å². The molecule has 0 atom stereocenters. The molecule has 1 aliphatic heterocycles. The number of carbonyl (C=O) groups excluding carboxylic acids is 2. The number of esters is 1. The third kappa shape index (κ3) is 5.10. The number of halogens is 1. The highest BCUT2D eigenvalue weighted by Crippen LogP contribution is 2.35. The average molecular weight is 469 g/mol. The minimum Gasteiger partial charge on any atom is -0.455 e. The lowest BCUT2D eigenvalue weighted by atomic mass is 10.0. The van der Waals surface area contributed by atoms with Crippen molar-refractivity contribution in [3.8, 4) is 0 Å². The Morgan fingerprint density at radius 3 is 2.12 bits per heavy atom. The number of carbonyl (C=O) groups is 2. The van der Waals surface area contributed by atoms with E-state index in [0.29, 0.717) is 0 Å². The summed E-state index contributed by atoms with van der Waals surface area (Å²) in [7, 11) is -4.11. The highest BCUT2D eigenvalue weighted by molar-refractivity contribution is 7.89. The largest absolute Gasteiger partial charge is 0.455 e. The summed E-state index contributed by atoms with van der Waals surface area (Å²) in [6, 6.07) is 19.5. The van der Waals surface area contributed by atoms with Crippen LogP contribution in [0.4, 0.5) is 15.8 Å². The molecule has 3 aromatic rings. The number of anilines is 2. The first kappa shape index (κ1) is 22.6. The van der Waals surface area contributed by atoms with Gasteiger partial charge in [-0.3, -0.25) is 14.5 Å². The van der Waals surface area contributed by atoms with Gasteiger partial charge in [-0.25, -0.2) is 12.8 Å². The Labute approximate surface area is 190 Å². The van der Waals surface area contributed by atoms with Gasteiger partial charge in [0.15, 0.2) is 6.61 Å². The third-order valence-corrected chi connectivity index (χ3v) is 6.65. The number of amides is 1. The summed E-state index contributed by atoms with van der Waals surface area (Å²) in [5.41, 5.74) is 3.43. The lowest BCUT2D eigenvalue weighted by Gasteiger charge is -2.24. The number of rotatable bonds is 6. The zero-order chi connectivity index (χ0) is 23.4. The molecule has 0 bridgehead atoms. The maximum absolute atomic E-state index is 13.3. The van der Waals surface area contributed by atoms with Crippen molar-refractivity contribution in [2.45, 2.75) is 17.7 Å². The smallest absolute Gasteiger partial charge is 0.321 e. The van der Waals surface area contributed by atoms with Gasteiger partial charge < -0.3 is 4.74 Å². The Bertz CT molecular complexity index is 1260. The van der Waals surface area contributed by atoms with Gasteiger partial charge >= 0.3 is 5.97 Å². The molecule has 7 nitrogen and oxygen atoms in total. The van der Waals surface area contributed by atoms with Crippen LogP contribution in [0.5, 0.6) is 0 Å². The number of para-hydroxylation sites is 2. The van der Waals surface area contributed by atoms with E-state index in [1.165, 1.54) is 17.0 Å². The maximum atomic E-state index is 13.3. The lowest BCUT2D eigenvalue weighted by Crippen LogP contribution is -2.35. The summed E-state index contributed by atoms with van der Waals surface area (Å²) >= 11 is 0. The van der Waals surface area contributed by atoms with Crippen LogP contribution >= 0.6 is 0 Å². The monoisotopic (exact) mass is 468 g/mol. The van der Waals surface area contributed by atoms with E-state index >= 15 is 0 Å². The molecular weight excluding hydrogens is 447 g/mol. The van der Waals surface area contributed by atoms with E-state index < -0.39 is 40.9 Å². The number of hydrogen-bond acceptors (Lipinski definition) is 5. The van der Waals surface area contributed by atoms with E-state index in [-0.39, 0.29) is 4.90 Å². The zero-order valence-corrected chi connectivity index (χ0v) is 18.3. The predicted octanol–water partition coefficient (Wildman–Crippen LogP) is 3.11. The molecule has 1 aliphatic rings. The molecule has 4 rings (SSSR count). The number of fused-ring (bicyclic) bond motifs is 2. The second-order valence-corrected chi connectivity index (χ2v) is 9.20. The molecule has 1 amide bonds. The second kappa shape index (κ2) is 9.51. The van der Waals surface area contributed by atoms with Crippen molar-refractivity contribution < 1.29 is 27.1 Å². The van der Waals surface area contributed by atoms with Crippen molar-refractivity contribution in [3.05, 3.63) is 89.7 Å². The quantitative estimate of drug-likeness (QED) is 0.561. The summed E-state index contributed by atoms with van der Waals surface area (Å²) in [5.74, 6) is -2.11. The molecule has 170 valence electrons. The first-order valence-electron chi connectivity index (χ1n) is 10.2. The molecule has 0 fully saturated rings. The molecule has 9 heteroatoms. The summed E-state index contributed by atoms with van der Waals surface area (Å²) < 4.78 is 44.9. The SMILES string of the molecule is O=C(CNS(=O)(=O)c1cccc(F)c1)OCC(=O)N1c2ccccc2CCc2ccccc21. The number of benzene rings is 3. The van der Waals surface area contributed by atoms with Crippen molar-refractivity contribution in [3.63, 3.8) is 0 Å². The maximum Gasteiger partial charge on any atom is 0.321 e. The number of nitrogens with one attached hydrogen (secondary N) is 1. The normalized spacial score (nSPS) is 12.9. The van der Waals surface area contributed by atoms with Gasteiger partial charge in [-0.15, -0.1) is 0 Å². The van der Waals surface area contributed by atoms with Gasteiger partial charge in [-0.1, -0.05) is 42.5 Å². The van der Waals surface area contributed by atoms with E-state index in [4.69, 9.17) is 4.74 Å². The number of sulfonamides is 1. The molecule has 0 unspecified atom stereocenters. The number of nitrogens with zero attached hydrogens (tertiary/aromatic N) is 1. The van der Waals surface area contributed by atoms with Crippen LogP contribution in [0.25, 0.3) is 0 Å². The van der Waals surface area contributed by atoms with E-state index in [0.717, 1.165) is 47.5 Å². The molecule has 1 heterocycles. The molecule has 0 aliphatic carbocycles. The van der Waals surface area contributed by atoms with Crippen LogP contribution in [-0.2, 0) is 37.2 Å². The third-order valence-electron chi connectivity index (χ3n) is 5.25. The Morgan fingerprint density at radius 2 is 1.52 bits per heavy atom. The highest BCUT2D eigenvalue weighted by atomic mass is 32.2. The highest BCUT2D eigenvalue weighted by Gasteiger charge is 2.26. The number of hydrogen-bond donors (Lipinski definition) is 1. The van der Waals surface area contributed by atoms with Crippen LogP contribution in [0.15, 0.2) is 77.7 Å². The van der Waals surface area contributed by atoms with Gasteiger partial charge in [0.25, 0.3) is 5.91 Å². The summed E-state index contributed by atoms with van der Waals surface area (Å²) in [5, 5.41) is 0. The lowest BCUT2D eigenvalue weighted by molar-refractivity contribution is -0.146.